The highest BCUT2D eigenvalue weighted by molar-refractivity contribution is 7.28. The summed E-state index contributed by atoms with van der Waals surface area (Å²) in [6, 6.07) is 97.9. The molecule has 0 amide bonds. The highest BCUT2D eigenvalue weighted by Crippen LogP contribution is 2.48. The van der Waals surface area contributed by atoms with E-state index in [1.807, 2.05) is 22.7 Å². The Labute approximate surface area is 446 Å². The molecule has 12 aromatic carbocycles. The first-order valence-electron chi connectivity index (χ1n) is 25.8. The molecule has 356 valence electrons. The van der Waals surface area contributed by atoms with E-state index >= 15 is 0 Å². The summed E-state index contributed by atoms with van der Waals surface area (Å²) in [6.45, 7) is 0. The molecule has 0 saturated heterocycles. The number of nitrogens with zero attached hydrogens (tertiary/aromatic N) is 4. The quantitative estimate of drug-likeness (QED) is 0.151. The summed E-state index contributed by atoms with van der Waals surface area (Å²) < 4.78 is 9.96. The average Bonchev–Trinajstić information content (AvgIpc) is 4.28. The van der Waals surface area contributed by atoms with Gasteiger partial charge in [-0.25, -0.2) is 0 Å². The summed E-state index contributed by atoms with van der Waals surface area (Å²) >= 11 is 3.81. The lowest BCUT2D eigenvalue weighted by atomic mass is 10.0. The summed E-state index contributed by atoms with van der Waals surface area (Å²) in [7, 11) is 0. The molecule has 4 nitrogen and oxygen atoms in total. The fourth-order valence-corrected chi connectivity index (χ4v) is 14.6. The zero-order valence-corrected chi connectivity index (χ0v) is 42.6. The van der Waals surface area contributed by atoms with Gasteiger partial charge in [-0.15, -0.1) is 22.7 Å². The number of rotatable bonds is 8. The largest absolute Gasteiger partial charge is 0.310 e. The minimum atomic E-state index is 1.12. The van der Waals surface area contributed by atoms with E-state index in [0.29, 0.717) is 0 Å². The van der Waals surface area contributed by atoms with Crippen LogP contribution in [0.5, 0.6) is 0 Å². The molecule has 0 fully saturated rings. The van der Waals surface area contributed by atoms with Crippen molar-refractivity contribution in [3.63, 3.8) is 0 Å². The van der Waals surface area contributed by atoms with Crippen LogP contribution in [0.1, 0.15) is 0 Å². The number of anilines is 6. The van der Waals surface area contributed by atoms with Gasteiger partial charge in [-0.1, -0.05) is 146 Å². The molecule has 0 N–H and O–H groups in total. The van der Waals surface area contributed by atoms with Crippen LogP contribution in [-0.4, -0.2) is 9.13 Å². The van der Waals surface area contributed by atoms with Gasteiger partial charge in [0.25, 0.3) is 0 Å². The van der Waals surface area contributed by atoms with E-state index in [1.165, 1.54) is 94.7 Å². The first-order chi connectivity index (χ1) is 37.7. The molecule has 16 aromatic rings. The van der Waals surface area contributed by atoms with Crippen molar-refractivity contribution in [1.29, 1.82) is 0 Å². The maximum atomic E-state index is 2.41. The lowest BCUT2D eigenvalue weighted by Crippen LogP contribution is -2.09. The first kappa shape index (κ1) is 43.0. The SMILES string of the molecule is c1ccc(N(c2ccc3c(c2)sc2c3ccc3c2ccc2c4ccc(N(c5ccccc5)c5ccc6c(c5)c5ccccc5n6-c5ccccc5)cc4sc23)c2ccc3c(c2)c2ccccc2n3-c2ccccc2)cc1. The Bertz CT molecular complexity index is 4620. The predicted octanol–water partition coefficient (Wildman–Crippen LogP) is 20.7. The number of hydrogen-bond acceptors (Lipinski definition) is 4. The molecule has 76 heavy (non-hydrogen) atoms. The van der Waals surface area contributed by atoms with Gasteiger partial charge in [-0.3, -0.25) is 0 Å². The van der Waals surface area contributed by atoms with E-state index in [0.717, 1.165) is 45.5 Å². The normalized spacial score (nSPS) is 11.9. The zero-order valence-electron chi connectivity index (χ0n) is 41.0. The molecule has 0 saturated carbocycles. The highest BCUT2D eigenvalue weighted by Gasteiger charge is 2.22. The molecule has 6 heteroatoms. The van der Waals surface area contributed by atoms with Gasteiger partial charge < -0.3 is 18.9 Å². The second-order valence-electron chi connectivity index (χ2n) is 19.7. The molecule has 0 aliphatic carbocycles. The van der Waals surface area contributed by atoms with E-state index in [9.17, 15) is 0 Å². The molecule has 0 atom stereocenters. The van der Waals surface area contributed by atoms with Crippen LogP contribution >= 0.6 is 22.7 Å². The Hall–Kier alpha value is -9.46. The van der Waals surface area contributed by atoms with Gasteiger partial charge in [0.1, 0.15) is 0 Å². The number of thiophene rings is 2. The molecule has 0 radical (unpaired) electrons. The highest BCUT2D eigenvalue weighted by atomic mass is 32.1. The Kier molecular flexibility index (Phi) is 9.64. The minimum absolute atomic E-state index is 1.12. The lowest BCUT2D eigenvalue weighted by molar-refractivity contribution is 1.18. The summed E-state index contributed by atoms with van der Waals surface area (Å²) in [4.78, 5) is 4.82. The summed E-state index contributed by atoms with van der Waals surface area (Å²) in [5.41, 5.74) is 13.8. The van der Waals surface area contributed by atoms with Gasteiger partial charge in [0, 0.05) is 118 Å². The third kappa shape index (κ3) is 6.61. The topological polar surface area (TPSA) is 16.3 Å². The Morgan fingerprint density at radius 2 is 0.539 bits per heavy atom. The van der Waals surface area contributed by atoms with E-state index in [-0.39, 0.29) is 0 Å². The monoisotopic (exact) mass is 1000 g/mol. The number of para-hydroxylation sites is 6. The zero-order chi connectivity index (χ0) is 49.8. The van der Waals surface area contributed by atoms with Gasteiger partial charge in [-0.05, 0) is 121 Å². The number of benzene rings is 12. The molecule has 0 aliphatic rings. The molecule has 4 heterocycles. The van der Waals surface area contributed by atoms with Crippen LogP contribution in [-0.2, 0) is 0 Å². The van der Waals surface area contributed by atoms with Crippen molar-refractivity contribution in [2.45, 2.75) is 0 Å². The van der Waals surface area contributed by atoms with Crippen LogP contribution in [0.2, 0.25) is 0 Å². The number of aromatic nitrogens is 2. The lowest BCUT2D eigenvalue weighted by Gasteiger charge is -2.25. The second-order valence-corrected chi connectivity index (χ2v) is 21.8. The van der Waals surface area contributed by atoms with E-state index in [1.54, 1.807) is 0 Å². The van der Waals surface area contributed by atoms with Crippen LogP contribution < -0.4 is 9.80 Å². The molecule has 0 unspecified atom stereocenters. The van der Waals surface area contributed by atoms with Crippen molar-refractivity contribution in [1.82, 2.24) is 9.13 Å². The molecular formula is C70H44N4S2. The maximum absolute atomic E-state index is 2.41. The van der Waals surface area contributed by atoms with Gasteiger partial charge >= 0.3 is 0 Å². The van der Waals surface area contributed by atoms with Crippen LogP contribution in [0.15, 0.2) is 267 Å². The molecule has 0 aliphatic heterocycles. The Morgan fingerprint density at radius 1 is 0.224 bits per heavy atom. The second kappa shape index (κ2) is 17.0. The minimum Gasteiger partial charge on any atom is -0.310 e. The van der Waals surface area contributed by atoms with Crippen LogP contribution in [0.25, 0.3) is 106 Å². The molecule has 4 aromatic heterocycles. The number of hydrogen-bond donors (Lipinski definition) is 0. The summed E-state index contributed by atoms with van der Waals surface area (Å²) in [6.07, 6.45) is 0. The fourth-order valence-electron chi connectivity index (χ4n) is 12.1. The van der Waals surface area contributed by atoms with Crippen molar-refractivity contribution < 1.29 is 0 Å². The van der Waals surface area contributed by atoms with Gasteiger partial charge in [0.2, 0.25) is 0 Å². The van der Waals surface area contributed by atoms with Crippen LogP contribution in [0.3, 0.4) is 0 Å². The molecule has 0 spiro atoms. The van der Waals surface area contributed by atoms with Crippen molar-refractivity contribution >= 4 is 152 Å². The predicted molar refractivity (Wildman–Crippen MR) is 328 cm³/mol. The molecular weight excluding hydrogens is 961 g/mol. The standard InChI is InChI=1S/C70H44N4S2/c1-5-17-45(18-6-1)71(49-31-39-65-61(41-49)53-25-13-15-27-63(53)73(65)47-21-9-3-10-22-47)51-29-33-55-57-35-37-60-59(69(57)75-67(55)43-51)38-36-58-56-34-30-52(44-68(56)76-70(58)60)72(46-19-7-2-8-20-46)50-32-40-66-62(42-50)54-26-14-16-28-64(54)74(66)48-23-11-4-12-24-48/h1-44H. The first-order valence-corrected chi connectivity index (χ1v) is 27.5. The summed E-state index contributed by atoms with van der Waals surface area (Å²) in [5.74, 6) is 0. The Balaban J connectivity index is 0.807. The van der Waals surface area contributed by atoms with Crippen LogP contribution in [0, 0.1) is 0 Å². The van der Waals surface area contributed by atoms with Gasteiger partial charge in [0.15, 0.2) is 0 Å². The van der Waals surface area contributed by atoms with Crippen molar-refractivity contribution in [3.8, 4) is 11.4 Å². The van der Waals surface area contributed by atoms with E-state index in [2.05, 4.69) is 286 Å². The van der Waals surface area contributed by atoms with Gasteiger partial charge in [-0.2, -0.15) is 0 Å². The van der Waals surface area contributed by atoms with Gasteiger partial charge in [0.05, 0.1) is 22.1 Å². The number of fused-ring (bicyclic) bond motifs is 15. The summed E-state index contributed by atoms with van der Waals surface area (Å²) in [5, 5.41) is 12.7. The van der Waals surface area contributed by atoms with Crippen LogP contribution in [0.4, 0.5) is 34.1 Å². The van der Waals surface area contributed by atoms with E-state index < -0.39 is 0 Å². The van der Waals surface area contributed by atoms with Crippen molar-refractivity contribution in [2.75, 3.05) is 9.80 Å². The smallest absolute Gasteiger partial charge is 0.0542 e. The molecule has 16 rings (SSSR count). The van der Waals surface area contributed by atoms with Crippen molar-refractivity contribution in [2.24, 2.45) is 0 Å². The fraction of sp³-hybridized carbons (Fsp3) is 0. The van der Waals surface area contributed by atoms with E-state index in [4.69, 9.17) is 0 Å². The third-order valence-electron chi connectivity index (χ3n) is 15.4. The van der Waals surface area contributed by atoms with Crippen molar-refractivity contribution in [3.05, 3.63) is 267 Å². The third-order valence-corrected chi connectivity index (χ3v) is 17.8. The Morgan fingerprint density at radius 3 is 0.961 bits per heavy atom. The average molecular weight is 1010 g/mol. The maximum Gasteiger partial charge on any atom is 0.0542 e. The molecule has 0 bridgehead atoms.